The topological polar surface area (TPSA) is 50.9 Å². The highest BCUT2D eigenvalue weighted by Crippen LogP contribution is 2.21. The van der Waals surface area contributed by atoms with E-state index < -0.39 is 0 Å². The third-order valence-electron chi connectivity index (χ3n) is 3.31. The van der Waals surface area contributed by atoms with Gasteiger partial charge in [-0.2, -0.15) is 0 Å². The van der Waals surface area contributed by atoms with Gasteiger partial charge in [-0.3, -0.25) is 4.98 Å². The van der Waals surface area contributed by atoms with Crippen LogP contribution in [-0.2, 0) is 6.54 Å². The van der Waals surface area contributed by atoms with Gasteiger partial charge in [0, 0.05) is 5.69 Å². The Labute approximate surface area is 124 Å². The standard InChI is InChI=1S/C18H17N3/c19-16-8-11-18(20-12-16)13-21-17-9-6-15(7-10-17)14-4-2-1-3-5-14/h1-12,21H,13,19H2. The zero-order valence-electron chi connectivity index (χ0n) is 11.7. The highest BCUT2D eigenvalue weighted by Gasteiger charge is 1.98. The molecule has 104 valence electrons. The minimum atomic E-state index is 0.685. The van der Waals surface area contributed by atoms with Crippen molar-refractivity contribution in [2.24, 2.45) is 0 Å². The number of hydrogen-bond donors (Lipinski definition) is 2. The third kappa shape index (κ3) is 3.39. The smallest absolute Gasteiger partial charge is 0.0596 e. The van der Waals surface area contributed by atoms with Gasteiger partial charge in [0.15, 0.2) is 0 Å². The van der Waals surface area contributed by atoms with Crippen LogP contribution in [0.1, 0.15) is 5.69 Å². The highest BCUT2D eigenvalue weighted by atomic mass is 14.9. The van der Waals surface area contributed by atoms with E-state index in [9.17, 15) is 0 Å². The number of nitrogens with one attached hydrogen (secondary N) is 1. The van der Waals surface area contributed by atoms with Crippen molar-refractivity contribution < 1.29 is 0 Å². The monoisotopic (exact) mass is 275 g/mol. The van der Waals surface area contributed by atoms with E-state index in [1.165, 1.54) is 11.1 Å². The maximum absolute atomic E-state index is 5.62. The summed E-state index contributed by atoms with van der Waals surface area (Å²) in [6.07, 6.45) is 1.68. The van der Waals surface area contributed by atoms with Crippen molar-refractivity contribution in [2.45, 2.75) is 6.54 Å². The minimum absolute atomic E-state index is 0.685. The van der Waals surface area contributed by atoms with Gasteiger partial charge < -0.3 is 11.1 Å². The number of rotatable bonds is 4. The van der Waals surface area contributed by atoms with Crippen LogP contribution in [0.4, 0.5) is 11.4 Å². The fourth-order valence-electron chi connectivity index (χ4n) is 2.14. The molecule has 0 bridgehead atoms. The summed E-state index contributed by atoms with van der Waals surface area (Å²) in [6, 6.07) is 22.5. The molecule has 0 atom stereocenters. The zero-order valence-corrected chi connectivity index (χ0v) is 11.7. The number of pyridine rings is 1. The SMILES string of the molecule is Nc1ccc(CNc2ccc(-c3ccccc3)cc2)nc1. The molecule has 0 unspecified atom stereocenters. The van der Waals surface area contributed by atoms with E-state index in [0.717, 1.165) is 11.4 Å². The second-order valence-electron chi connectivity index (χ2n) is 4.88. The molecule has 21 heavy (non-hydrogen) atoms. The molecule has 3 aromatic rings. The Morgan fingerprint density at radius 1 is 0.810 bits per heavy atom. The van der Waals surface area contributed by atoms with Gasteiger partial charge in [0.05, 0.1) is 24.1 Å². The van der Waals surface area contributed by atoms with Gasteiger partial charge in [0.2, 0.25) is 0 Å². The van der Waals surface area contributed by atoms with Gasteiger partial charge in [-0.05, 0) is 35.4 Å². The van der Waals surface area contributed by atoms with Crippen LogP contribution in [-0.4, -0.2) is 4.98 Å². The van der Waals surface area contributed by atoms with E-state index in [2.05, 4.69) is 46.7 Å². The molecule has 1 aromatic heterocycles. The Morgan fingerprint density at radius 2 is 1.52 bits per heavy atom. The molecule has 0 saturated heterocycles. The summed E-state index contributed by atoms with van der Waals surface area (Å²) in [5, 5.41) is 3.36. The van der Waals surface area contributed by atoms with Crippen LogP contribution >= 0.6 is 0 Å². The predicted molar refractivity (Wildman–Crippen MR) is 87.9 cm³/mol. The maximum atomic E-state index is 5.62. The number of nitrogens with zero attached hydrogens (tertiary/aromatic N) is 1. The molecule has 0 spiro atoms. The molecular formula is C18H17N3. The van der Waals surface area contributed by atoms with Crippen LogP contribution in [0.15, 0.2) is 72.9 Å². The van der Waals surface area contributed by atoms with Crippen LogP contribution in [0.25, 0.3) is 11.1 Å². The van der Waals surface area contributed by atoms with Gasteiger partial charge in [0.1, 0.15) is 0 Å². The molecule has 0 aliphatic heterocycles. The Morgan fingerprint density at radius 3 is 2.19 bits per heavy atom. The molecular weight excluding hydrogens is 258 g/mol. The molecule has 3 N–H and O–H groups in total. The lowest BCUT2D eigenvalue weighted by atomic mass is 10.1. The molecule has 0 saturated carbocycles. The Hall–Kier alpha value is -2.81. The first-order valence-electron chi connectivity index (χ1n) is 6.91. The Kier molecular flexibility index (Phi) is 3.83. The van der Waals surface area contributed by atoms with E-state index in [-0.39, 0.29) is 0 Å². The van der Waals surface area contributed by atoms with Crippen LogP contribution in [0.2, 0.25) is 0 Å². The summed E-state index contributed by atoms with van der Waals surface area (Å²) < 4.78 is 0. The summed E-state index contributed by atoms with van der Waals surface area (Å²) in [6.45, 7) is 0.685. The van der Waals surface area contributed by atoms with Crippen molar-refractivity contribution in [1.82, 2.24) is 4.98 Å². The molecule has 0 amide bonds. The number of benzene rings is 2. The first kappa shape index (κ1) is 13.2. The zero-order chi connectivity index (χ0) is 14.5. The maximum Gasteiger partial charge on any atom is 0.0596 e. The lowest BCUT2D eigenvalue weighted by molar-refractivity contribution is 1.05. The number of aromatic nitrogens is 1. The van der Waals surface area contributed by atoms with Gasteiger partial charge in [-0.15, -0.1) is 0 Å². The highest BCUT2D eigenvalue weighted by molar-refractivity contribution is 5.65. The lowest BCUT2D eigenvalue weighted by Gasteiger charge is -2.07. The first-order chi connectivity index (χ1) is 10.3. The molecule has 3 heteroatoms. The van der Waals surface area contributed by atoms with Crippen molar-refractivity contribution in [3.05, 3.63) is 78.6 Å². The molecule has 0 aliphatic carbocycles. The Bertz CT molecular complexity index is 689. The number of hydrogen-bond acceptors (Lipinski definition) is 3. The third-order valence-corrected chi connectivity index (χ3v) is 3.31. The van der Waals surface area contributed by atoms with Crippen LogP contribution in [0.5, 0.6) is 0 Å². The van der Waals surface area contributed by atoms with Crippen LogP contribution in [0, 0.1) is 0 Å². The quantitative estimate of drug-likeness (QED) is 0.758. The van der Waals surface area contributed by atoms with Gasteiger partial charge in [-0.1, -0.05) is 42.5 Å². The molecule has 0 radical (unpaired) electrons. The largest absolute Gasteiger partial charge is 0.397 e. The van der Waals surface area contributed by atoms with E-state index >= 15 is 0 Å². The van der Waals surface area contributed by atoms with E-state index in [0.29, 0.717) is 12.2 Å². The van der Waals surface area contributed by atoms with Gasteiger partial charge in [0.25, 0.3) is 0 Å². The molecule has 3 rings (SSSR count). The van der Waals surface area contributed by atoms with Crippen molar-refractivity contribution in [3.63, 3.8) is 0 Å². The summed E-state index contributed by atoms with van der Waals surface area (Å²) >= 11 is 0. The Balaban J connectivity index is 1.66. The molecule has 3 nitrogen and oxygen atoms in total. The second-order valence-corrected chi connectivity index (χ2v) is 4.88. The fraction of sp³-hybridized carbons (Fsp3) is 0.0556. The predicted octanol–water partition coefficient (Wildman–Crippen LogP) is 3.94. The lowest BCUT2D eigenvalue weighted by Crippen LogP contribution is -2.01. The van der Waals surface area contributed by atoms with Crippen LogP contribution < -0.4 is 11.1 Å². The minimum Gasteiger partial charge on any atom is -0.397 e. The van der Waals surface area contributed by atoms with Crippen molar-refractivity contribution in [2.75, 3.05) is 11.1 Å². The second kappa shape index (κ2) is 6.09. The molecule has 0 fully saturated rings. The van der Waals surface area contributed by atoms with Crippen LogP contribution in [0.3, 0.4) is 0 Å². The number of nitrogen functional groups attached to an aromatic ring is 1. The summed E-state index contributed by atoms with van der Waals surface area (Å²) in [5.41, 5.74) is 10.8. The average molecular weight is 275 g/mol. The van der Waals surface area contributed by atoms with Crippen molar-refractivity contribution in [1.29, 1.82) is 0 Å². The number of nitrogens with two attached hydrogens (primary N) is 1. The van der Waals surface area contributed by atoms with E-state index in [1.54, 1.807) is 6.20 Å². The first-order valence-corrected chi connectivity index (χ1v) is 6.91. The van der Waals surface area contributed by atoms with E-state index in [1.807, 2.05) is 30.3 Å². The number of anilines is 2. The van der Waals surface area contributed by atoms with Crippen molar-refractivity contribution in [3.8, 4) is 11.1 Å². The summed E-state index contributed by atoms with van der Waals surface area (Å²) in [4.78, 5) is 4.27. The summed E-state index contributed by atoms with van der Waals surface area (Å²) in [7, 11) is 0. The summed E-state index contributed by atoms with van der Waals surface area (Å²) in [5.74, 6) is 0. The normalized spacial score (nSPS) is 10.3. The fourth-order valence-corrected chi connectivity index (χ4v) is 2.14. The average Bonchev–Trinajstić information content (AvgIpc) is 2.56. The molecule has 2 aromatic carbocycles. The van der Waals surface area contributed by atoms with Gasteiger partial charge >= 0.3 is 0 Å². The van der Waals surface area contributed by atoms with Gasteiger partial charge in [-0.25, -0.2) is 0 Å². The van der Waals surface area contributed by atoms with E-state index in [4.69, 9.17) is 5.73 Å². The van der Waals surface area contributed by atoms with Crippen molar-refractivity contribution >= 4 is 11.4 Å². The molecule has 0 aliphatic rings. The molecule has 1 heterocycles.